The number of amides is 2. The molecule has 7 heteroatoms. The van der Waals surface area contributed by atoms with E-state index in [4.69, 9.17) is 4.74 Å². The topological polar surface area (TPSA) is 49.9 Å². The van der Waals surface area contributed by atoms with Crippen molar-refractivity contribution in [1.29, 1.82) is 0 Å². The summed E-state index contributed by atoms with van der Waals surface area (Å²) < 4.78 is 6.07. The van der Waals surface area contributed by atoms with E-state index in [1.54, 1.807) is 16.2 Å². The zero-order valence-corrected chi connectivity index (χ0v) is 20.7. The Morgan fingerprint density at radius 3 is 2.64 bits per heavy atom. The molecule has 0 saturated carbocycles. The minimum absolute atomic E-state index is 0.0258. The Balaban J connectivity index is 1.51. The highest BCUT2D eigenvalue weighted by atomic mass is 32.1. The van der Waals surface area contributed by atoms with Crippen LogP contribution in [0.2, 0.25) is 0 Å². The van der Waals surface area contributed by atoms with Crippen LogP contribution in [0.1, 0.15) is 46.4 Å². The monoisotopic (exact) mass is 482 g/mol. The molecule has 0 spiro atoms. The van der Waals surface area contributed by atoms with Gasteiger partial charge in [-0.05, 0) is 59.3 Å². The van der Waals surface area contributed by atoms with Crippen LogP contribution in [0, 0.1) is 5.92 Å². The molecule has 1 aliphatic rings. The first-order chi connectivity index (χ1) is 16.0. The van der Waals surface area contributed by atoms with Gasteiger partial charge in [0.05, 0.1) is 10.9 Å². The van der Waals surface area contributed by atoms with Gasteiger partial charge in [-0.3, -0.25) is 9.59 Å². The van der Waals surface area contributed by atoms with Gasteiger partial charge >= 0.3 is 0 Å². The van der Waals surface area contributed by atoms with Gasteiger partial charge in [-0.25, -0.2) is 0 Å². The summed E-state index contributed by atoms with van der Waals surface area (Å²) in [6, 6.07) is 15.3. The lowest BCUT2D eigenvalue weighted by Crippen LogP contribution is -2.48. The molecule has 0 fully saturated rings. The number of hydrogen-bond donors (Lipinski definition) is 0. The zero-order valence-electron chi connectivity index (χ0n) is 19.1. The molecular formula is C26H30N2O3S2. The summed E-state index contributed by atoms with van der Waals surface area (Å²) in [6.45, 7) is 5.96. The number of ether oxygens (including phenoxy) is 1. The molecule has 3 aromatic rings. The van der Waals surface area contributed by atoms with Crippen LogP contribution in [-0.2, 0) is 11.2 Å². The first-order valence-electron chi connectivity index (χ1n) is 11.4. The molecule has 0 saturated heterocycles. The highest BCUT2D eigenvalue weighted by molar-refractivity contribution is 7.12. The molecule has 0 radical (unpaired) electrons. The number of hydrogen-bond acceptors (Lipinski definition) is 5. The van der Waals surface area contributed by atoms with Gasteiger partial charge < -0.3 is 14.5 Å². The molecule has 0 aliphatic carbocycles. The lowest BCUT2D eigenvalue weighted by Gasteiger charge is -2.37. The SMILES string of the molecule is CC(C)CCN(CC(=O)N1CCc2sccc2[C@H]1COc1ccccc1)C(=O)c1cccs1. The lowest BCUT2D eigenvalue weighted by atomic mass is 10.0. The molecule has 33 heavy (non-hydrogen) atoms. The molecule has 0 unspecified atom stereocenters. The van der Waals surface area contributed by atoms with Crippen molar-refractivity contribution in [3.8, 4) is 5.75 Å². The number of carbonyl (C=O) groups is 2. The highest BCUT2D eigenvalue weighted by Gasteiger charge is 2.33. The van der Waals surface area contributed by atoms with Crippen LogP contribution in [0.15, 0.2) is 59.3 Å². The predicted octanol–water partition coefficient (Wildman–Crippen LogP) is 5.50. The van der Waals surface area contributed by atoms with Crippen molar-refractivity contribution in [3.63, 3.8) is 0 Å². The minimum atomic E-state index is -0.156. The number of benzene rings is 1. The molecule has 2 amide bonds. The van der Waals surface area contributed by atoms with Gasteiger partial charge in [0.2, 0.25) is 5.91 Å². The van der Waals surface area contributed by atoms with Crippen LogP contribution >= 0.6 is 22.7 Å². The van der Waals surface area contributed by atoms with Gasteiger partial charge in [-0.15, -0.1) is 22.7 Å². The van der Waals surface area contributed by atoms with E-state index in [0.717, 1.165) is 24.2 Å². The summed E-state index contributed by atoms with van der Waals surface area (Å²) in [5.74, 6) is 1.15. The molecule has 1 aliphatic heterocycles. The van der Waals surface area contributed by atoms with Gasteiger partial charge in [0.15, 0.2) is 0 Å². The number of thiophene rings is 2. The van der Waals surface area contributed by atoms with Gasteiger partial charge in [-0.2, -0.15) is 0 Å². The van der Waals surface area contributed by atoms with E-state index in [9.17, 15) is 9.59 Å². The van der Waals surface area contributed by atoms with Crippen LogP contribution in [-0.4, -0.2) is 47.9 Å². The first-order valence-corrected chi connectivity index (χ1v) is 13.1. The van der Waals surface area contributed by atoms with Crippen molar-refractivity contribution in [1.82, 2.24) is 9.80 Å². The molecular weight excluding hydrogens is 452 g/mol. The van der Waals surface area contributed by atoms with E-state index in [1.165, 1.54) is 16.2 Å². The fraction of sp³-hybridized carbons (Fsp3) is 0.385. The van der Waals surface area contributed by atoms with E-state index in [2.05, 4.69) is 25.3 Å². The number of para-hydroxylation sites is 1. The van der Waals surface area contributed by atoms with Crippen molar-refractivity contribution in [2.75, 3.05) is 26.2 Å². The third kappa shape index (κ3) is 5.84. The number of carbonyl (C=O) groups excluding carboxylic acids is 2. The van der Waals surface area contributed by atoms with Gasteiger partial charge in [-0.1, -0.05) is 38.1 Å². The van der Waals surface area contributed by atoms with Crippen LogP contribution in [0.3, 0.4) is 0 Å². The van der Waals surface area contributed by atoms with Crippen LogP contribution in [0.4, 0.5) is 0 Å². The fourth-order valence-electron chi connectivity index (χ4n) is 4.04. The Hall–Kier alpha value is -2.64. The lowest BCUT2D eigenvalue weighted by molar-refractivity contribution is -0.135. The molecule has 1 atom stereocenters. The summed E-state index contributed by atoms with van der Waals surface area (Å²) in [5.41, 5.74) is 1.16. The molecule has 4 rings (SSSR count). The second-order valence-corrected chi connectivity index (χ2v) is 10.6. The zero-order chi connectivity index (χ0) is 23.2. The van der Waals surface area contributed by atoms with E-state index < -0.39 is 0 Å². The van der Waals surface area contributed by atoms with Crippen molar-refractivity contribution < 1.29 is 14.3 Å². The molecule has 3 heterocycles. The maximum absolute atomic E-state index is 13.6. The molecule has 5 nitrogen and oxygen atoms in total. The van der Waals surface area contributed by atoms with Crippen molar-refractivity contribution in [2.24, 2.45) is 5.92 Å². The Morgan fingerprint density at radius 1 is 1.09 bits per heavy atom. The van der Waals surface area contributed by atoms with E-state index >= 15 is 0 Å². The van der Waals surface area contributed by atoms with Crippen LogP contribution in [0.5, 0.6) is 5.75 Å². The van der Waals surface area contributed by atoms with E-state index in [1.807, 2.05) is 52.7 Å². The second kappa shape index (κ2) is 11.0. The van der Waals surface area contributed by atoms with Crippen LogP contribution in [0.25, 0.3) is 0 Å². The number of nitrogens with zero attached hydrogens (tertiary/aromatic N) is 2. The third-order valence-electron chi connectivity index (χ3n) is 5.89. The van der Waals surface area contributed by atoms with Gasteiger partial charge in [0.1, 0.15) is 18.9 Å². The Morgan fingerprint density at radius 2 is 1.91 bits per heavy atom. The smallest absolute Gasteiger partial charge is 0.264 e. The predicted molar refractivity (Wildman–Crippen MR) is 134 cm³/mol. The molecule has 2 aromatic heterocycles. The maximum Gasteiger partial charge on any atom is 0.264 e. The minimum Gasteiger partial charge on any atom is -0.491 e. The molecule has 174 valence electrons. The Kier molecular flexibility index (Phi) is 7.83. The summed E-state index contributed by atoms with van der Waals surface area (Å²) in [6.07, 6.45) is 1.70. The highest BCUT2D eigenvalue weighted by Crippen LogP contribution is 2.34. The average Bonchev–Trinajstić information content (AvgIpc) is 3.52. The molecule has 0 bridgehead atoms. The summed E-state index contributed by atoms with van der Waals surface area (Å²) >= 11 is 3.16. The fourth-order valence-corrected chi connectivity index (χ4v) is 5.66. The normalized spacial score (nSPS) is 15.4. The average molecular weight is 483 g/mol. The largest absolute Gasteiger partial charge is 0.491 e. The maximum atomic E-state index is 13.6. The summed E-state index contributed by atoms with van der Waals surface area (Å²) in [4.78, 5) is 32.3. The second-order valence-electron chi connectivity index (χ2n) is 8.66. The third-order valence-corrected chi connectivity index (χ3v) is 7.74. The standard InChI is InChI=1S/C26H30N2O3S2/c1-19(2)10-13-27(26(30)24-9-6-15-32-24)17-25(29)28-14-11-23-21(12-16-33-23)22(28)18-31-20-7-4-3-5-8-20/h3-9,12,15-16,19,22H,10-11,13-14,17-18H2,1-2H3/t22-/m1/s1. The Bertz CT molecular complexity index is 1050. The van der Waals surface area contributed by atoms with Crippen LogP contribution < -0.4 is 4.74 Å². The quantitative estimate of drug-likeness (QED) is 0.404. The van der Waals surface area contributed by atoms with Gasteiger partial charge in [0.25, 0.3) is 5.91 Å². The van der Waals surface area contributed by atoms with Gasteiger partial charge in [0, 0.05) is 18.0 Å². The van der Waals surface area contributed by atoms with E-state index in [0.29, 0.717) is 30.5 Å². The first kappa shape index (κ1) is 23.5. The van der Waals surface area contributed by atoms with Crippen molar-refractivity contribution >= 4 is 34.5 Å². The van der Waals surface area contributed by atoms with Crippen molar-refractivity contribution in [2.45, 2.75) is 32.7 Å². The summed E-state index contributed by atoms with van der Waals surface area (Å²) in [5, 5.41) is 3.98. The van der Waals surface area contributed by atoms with Crippen molar-refractivity contribution in [3.05, 3.63) is 74.6 Å². The summed E-state index contributed by atoms with van der Waals surface area (Å²) in [7, 11) is 0. The van der Waals surface area contributed by atoms with E-state index in [-0.39, 0.29) is 24.4 Å². The number of fused-ring (bicyclic) bond motifs is 1. The Labute approximate surface area is 203 Å². The molecule has 1 aromatic carbocycles. The number of rotatable bonds is 9. The molecule has 0 N–H and O–H groups in total.